The number of hydrogen-bond acceptors (Lipinski definition) is 2. The minimum Gasteiger partial charge on any atom is -0.472 e. The minimum absolute atomic E-state index is 0.173. The van der Waals surface area contributed by atoms with Crippen LogP contribution in [0.4, 0.5) is 17.6 Å². The van der Waals surface area contributed by atoms with Crippen LogP contribution in [0.2, 0.25) is 0 Å². The van der Waals surface area contributed by atoms with Gasteiger partial charge in [0.1, 0.15) is 0 Å². The van der Waals surface area contributed by atoms with Crippen molar-refractivity contribution in [1.82, 2.24) is 4.90 Å². The van der Waals surface area contributed by atoms with Crippen LogP contribution in [0.15, 0.2) is 23.6 Å². The average Bonchev–Trinajstić information content (AvgIpc) is 2.32. The molecular formula is C13H21F4NO. The summed E-state index contributed by atoms with van der Waals surface area (Å²) in [6.45, 7) is 7.08. The molecule has 0 heterocycles. The molecule has 0 unspecified atom stereocenters. The van der Waals surface area contributed by atoms with E-state index in [1.165, 1.54) is 6.08 Å². The van der Waals surface area contributed by atoms with Crippen molar-refractivity contribution in [3.05, 3.63) is 23.6 Å². The lowest BCUT2D eigenvalue weighted by Gasteiger charge is -2.26. The Morgan fingerprint density at radius 3 is 2.05 bits per heavy atom. The van der Waals surface area contributed by atoms with Crippen LogP contribution in [0.3, 0.4) is 0 Å². The third kappa shape index (κ3) is 6.50. The van der Waals surface area contributed by atoms with E-state index in [0.29, 0.717) is 13.1 Å². The number of allylic oxidation sites excluding steroid dienone is 3. The van der Waals surface area contributed by atoms with Gasteiger partial charge < -0.3 is 9.64 Å². The Bertz CT molecular complexity index is 319. The number of halogens is 4. The first kappa shape index (κ1) is 17.8. The molecule has 0 radical (unpaired) electrons. The van der Waals surface area contributed by atoms with E-state index in [0.717, 1.165) is 5.57 Å². The summed E-state index contributed by atoms with van der Waals surface area (Å²) in [5.41, 5.74) is 0.953. The molecule has 0 aliphatic heterocycles. The lowest BCUT2D eigenvalue weighted by Crippen LogP contribution is -2.34. The third-order valence-corrected chi connectivity index (χ3v) is 2.37. The molecule has 0 aromatic heterocycles. The van der Waals surface area contributed by atoms with Gasteiger partial charge in [-0.2, -0.15) is 8.78 Å². The summed E-state index contributed by atoms with van der Waals surface area (Å²) < 4.78 is 54.7. The molecule has 0 atom stereocenters. The Kier molecular flexibility index (Phi) is 7.56. The molecule has 0 spiro atoms. The number of nitrogens with zero attached hydrogens (tertiary/aromatic N) is 1. The molecule has 0 aliphatic rings. The Morgan fingerprint density at radius 1 is 1.16 bits per heavy atom. The van der Waals surface area contributed by atoms with Crippen LogP contribution in [0, 0.1) is 0 Å². The summed E-state index contributed by atoms with van der Waals surface area (Å²) in [5, 5.41) is 0. The van der Waals surface area contributed by atoms with Crippen LogP contribution < -0.4 is 0 Å². The standard InChI is InChI=1S/C13H21F4NO/c1-5-18(6-2)11(8-7-10(3)4)19-9-13(16,17)12(14)15/h7-8,12H,5-6,9H2,1-4H3/b11-8-. The maximum Gasteiger partial charge on any atom is 0.340 e. The zero-order valence-electron chi connectivity index (χ0n) is 11.7. The van der Waals surface area contributed by atoms with Crippen molar-refractivity contribution in [2.45, 2.75) is 40.0 Å². The molecule has 6 heteroatoms. The van der Waals surface area contributed by atoms with E-state index in [4.69, 9.17) is 4.74 Å². The Morgan fingerprint density at radius 2 is 1.68 bits per heavy atom. The van der Waals surface area contributed by atoms with Gasteiger partial charge in [-0.3, -0.25) is 0 Å². The van der Waals surface area contributed by atoms with Gasteiger partial charge in [-0.05, 0) is 33.8 Å². The number of ether oxygens (including phenoxy) is 1. The van der Waals surface area contributed by atoms with Crippen LogP contribution in [0.5, 0.6) is 0 Å². The fraction of sp³-hybridized carbons (Fsp3) is 0.692. The minimum atomic E-state index is -4.14. The first-order valence-corrected chi connectivity index (χ1v) is 6.13. The molecule has 0 bridgehead atoms. The van der Waals surface area contributed by atoms with Crippen LogP contribution in [0.1, 0.15) is 27.7 Å². The van der Waals surface area contributed by atoms with Gasteiger partial charge in [0.05, 0.1) is 0 Å². The molecule has 0 aromatic carbocycles. The molecule has 0 N–H and O–H groups in total. The van der Waals surface area contributed by atoms with Crippen molar-refractivity contribution in [3.63, 3.8) is 0 Å². The van der Waals surface area contributed by atoms with Gasteiger partial charge in [-0.15, -0.1) is 0 Å². The lowest BCUT2D eigenvalue weighted by molar-refractivity contribution is -0.162. The van der Waals surface area contributed by atoms with Gasteiger partial charge in [0, 0.05) is 13.1 Å². The zero-order chi connectivity index (χ0) is 15.1. The predicted octanol–water partition coefficient (Wildman–Crippen LogP) is 4.05. The summed E-state index contributed by atoms with van der Waals surface area (Å²) in [5.74, 6) is -3.97. The first-order valence-electron chi connectivity index (χ1n) is 6.13. The van der Waals surface area contributed by atoms with Crippen LogP contribution in [-0.2, 0) is 4.74 Å². The smallest absolute Gasteiger partial charge is 0.340 e. The van der Waals surface area contributed by atoms with Crippen molar-refractivity contribution in [2.24, 2.45) is 0 Å². The van der Waals surface area contributed by atoms with E-state index in [2.05, 4.69) is 0 Å². The molecule has 19 heavy (non-hydrogen) atoms. The molecule has 112 valence electrons. The molecule has 0 rings (SSSR count). The zero-order valence-corrected chi connectivity index (χ0v) is 11.7. The predicted molar refractivity (Wildman–Crippen MR) is 67.3 cm³/mol. The Hall–Kier alpha value is -1.20. The van der Waals surface area contributed by atoms with E-state index >= 15 is 0 Å². The van der Waals surface area contributed by atoms with Crippen molar-refractivity contribution in [2.75, 3.05) is 19.7 Å². The monoisotopic (exact) mass is 283 g/mol. The van der Waals surface area contributed by atoms with Gasteiger partial charge in [-0.25, -0.2) is 8.78 Å². The Balaban J connectivity index is 4.88. The second-order valence-corrected chi connectivity index (χ2v) is 4.27. The maximum atomic E-state index is 12.8. The van der Waals surface area contributed by atoms with Crippen molar-refractivity contribution in [1.29, 1.82) is 0 Å². The van der Waals surface area contributed by atoms with Crippen molar-refractivity contribution < 1.29 is 22.3 Å². The van der Waals surface area contributed by atoms with Gasteiger partial charge in [-0.1, -0.05) is 11.6 Å². The number of alkyl halides is 4. The second-order valence-electron chi connectivity index (χ2n) is 4.27. The normalized spacial score (nSPS) is 12.6. The van der Waals surface area contributed by atoms with E-state index in [-0.39, 0.29) is 5.88 Å². The fourth-order valence-electron chi connectivity index (χ4n) is 1.25. The molecule has 0 amide bonds. The highest BCUT2D eigenvalue weighted by Crippen LogP contribution is 2.24. The molecule has 0 aromatic rings. The van der Waals surface area contributed by atoms with Gasteiger partial charge >= 0.3 is 12.3 Å². The highest BCUT2D eigenvalue weighted by molar-refractivity contribution is 5.11. The van der Waals surface area contributed by atoms with Gasteiger partial charge in [0.25, 0.3) is 0 Å². The van der Waals surface area contributed by atoms with Gasteiger partial charge in [0.15, 0.2) is 12.5 Å². The molecule has 0 fully saturated rings. The van der Waals surface area contributed by atoms with Crippen molar-refractivity contribution >= 4 is 0 Å². The van der Waals surface area contributed by atoms with E-state index < -0.39 is 19.0 Å². The summed E-state index contributed by atoms with van der Waals surface area (Å²) in [6, 6.07) is 0. The van der Waals surface area contributed by atoms with Crippen molar-refractivity contribution in [3.8, 4) is 0 Å². The van der Waals surface area contributed by atoms with E-state index in [1.807, 2.05) is 27.7 Å². The quantitative estimate of drug-likeness (QED) is 0.378. The topological polar surface area (TPSA) is 12.5 Å². The molecule has 2 nitrogen and oxygen atoms in total. The Labute approximate surface area is 111 Å². The van der Waals surface area contributed by atoms with Crippen LogP contribution in [-0.4, -0.2) is 36.9 Å². The highest BCUT2D eigenvalue weighted by atomic mass is 19.3. The number of rotatable bonds is 8. The summed E-state index contributed by atoms with van der Waals surface area (Å²) >= 11 is 0. The summed E-state index contributed by atoms with van der Waals surface area (Å²) in [7, 11) is 0. The fourth-order valence-corrected chi connectivity index (χ4v) is 1.25. The average molecular weight is 283 g/mol. The maximum absolute atomic E-state index is 12.8. The lowest BCUT2D eigenvalue weighted by atomic mass is 10.3. The second kappa shape index (κ2) is 8.07. The third-order valence-electron chi connectivity index (χ3n) is 2.37. The van der Waals surface area contributed by atoms with Gasteiger partial charge in [0.2, 0.25) is 0 Å². The number of hydrogen-bond donors (Lipinski definition) is 0. The summed E-state index contributed by atoms with van der Waals surface area (Å²) in [4.78, 5) is 1.68. The first-order chi connectivity index (χ1) is 8.74. The van der Waals surface area contributed by atoms with E-state index in [1.54, 1.807) is 11.0 Å². The molecule has 0 saturated heterocycles. The van der Waals surface area contributed by atoms with Crippen LogP contribution in [0.25, 0.3) is 0 Å². The summed E-state index contributed by atoms with van der Waals surface area (Å²) in [6.07, 6.45) is -0.521. The van der Waals surface area contributed by atoms with Crippen LogP contribution >= 0.6 is 0 Å². The van der Waals surface area contributed by atoms with E-state index in [9.17, 15) is 17.6 Å². The SMILES string of the molecule is CCN(CC)/C(=C/C=C(C)C)OCC(F)(F)C(F)F. The molecule has 0 saturated carbocycles. The molecular weight excluding hydrogens is 262 g/mol. The highest BCUT2D eigenvalue weighted by Gasteiger charge is 2.42. The molecule has 0 aliphatic carbocycles. The largest absolute Gasteiger partial charge is 0.472 e.